The molecule has 3 heteroatoms. The average molecular weight is 228 g/mol. The van der Waals surface area contributed by atoms with Crippen LogP contribution in [0, 0.1) is 5.92 Å². The summed E-state index contributed by atoms with van der Waals surface area (Å²) in [5.41, 5.74) is -0.153. The first-order valence-electron chi connectivity index (χ1n) is 6.60. The largest absolute Gasteiger partial charge is 0.394 e. The van der Waals surface area contributed by atoms with E-state index in [-0.39, 0.29) is 12.1 Å². The van der Waals surface area contributed by atoms with Crippen LogP contribution in [0.15, 0.2) is 0 Å². The zero-order valence-electron chi connectivity index (χ0n) is 11.3. The summed E-state index contributed by atoms with van der Waals surface area (Å²) in [4.78, 5) is 2.52. The van der Waals surface area contributed by atoms with E-state index < -0.39 is 0 Å². The number of likely N-dealkylation sites (tertiary alicyclic amines) is 1. The van der Waals surface area contributed by atoms with E-state index >= 15 is 0 Å². The van der Waals surface area contributed by atoms with Gasteiger partial charge < -0.3 is 10.4 Å². The van der Waals surface area contributed by atoms with Gasteiger partial charge in [0.15, 0.2) is 0 Å². The topological polar surface area (TPSA) is 35.5 Å². The fraction of sp³-hybridized carbons (Fsp3) is 1.00. The van der Waals surface area contributed by atoms with Crippen LogP contribution in [0.3, 0.4) is 0 Å². The molecule has 96 valence electrons. The third kappa shape index (κ3) is 3.72. The molecule has 1 aliphatic rings. The summed E-state index contributed by atoms with van der Waals surface area (Å²) in [5, 5.41) is 12.9. The first-order valence-corrected chi connectivity index (χ1v) is 6.60. The fourth-order valence-corrected chi connectivity index (χ4v) is 2.64. The van der Waals surface area contributed by atoms with Crippen molar-refractivity contribution in [2.75, 3.05) is 26.2 Å². The van der Waals surface area contributed by atoms with Gasteiger partial charge in [0.2, 0.25) is 0 Å². The number of aliphatic hydroxyl groups is 1. The van der Waals surface area contributed by atoms with Crippen LogP contribution < -0.4 is 5.32 Å². The Hall–Kier alpha value is -0.120. The van der Waals surface area contributed by atoms with Crippen LogP contribution >= 0.6 is 0 Å². The van der Waals surface area contributed by atoms with E-state index in [0.717, 1.165) is 19.0 Å². The maximum absolute atomic E-state index is 9.51. The molecule has 16 heavy (non-hydrogen) atoms. The van der Waals surface area contributed by atoms with Crippen molar-refractivity contribution in [1.29, 1.82) is 0 Å². The highest BCUT2D eigenvalue weighted by Crippen LogP contribution is 2.23. The van der Waals surface area contributed by atoms with Crippen LogP contribution in [0.4, 0.5) is 0 Å². The Balaban J connectivity index is 2.55. The molecule has 0 bridgehead atoms. The molecule has 1 aliphatic heterocycles. The fourth-order valence-electron chi connectivity index (χ4n) is 2.64. The molecule has 0 aliphatic carbocycles. The predicted molar refractivity (Wildman–Crippen MR) is 68.6 cm³/mol. The number of hydrogen-bond donors (Lipinski definition) is 2. The van der Waals surface area contributed by atoms with Crippen molar-refractivity contribution in [2.45, 2.75) is 52.1 Å². The molecule has 3 unspecified atom stereocenters. The number of nitrogens with zero attached hydrogens (tertiary/aromatic N) is 1. The van der Waals surface area contributed by atoms with Gasteiger partial charge in [0.05, 0.1) is 12.1 Å². The van der Waals surface area contributed by atoms with Gasteiger partial charge in [-0.15, -0.1) is 0 Å². The van der Waals surface area contributed by atoms with Crippen molar-refractivity contribution in [1.82, 2.24) is 10.2 Å². The Kier molecular flexibility index (Phi) is 5.22. The Bertz CT molecular complexity index is 210. The van der Waals surface area contributed by atoms with E-state index in [1.54, 1.807) is 0 Å². The summed E-state index contributed by atoms with van der Waals surface area (Å²) >= 11 is 0. The maximum atomic E-state index is 9.51. The lowest BCUT2D eigenvalue weighted by molar-refractivity contribution is 0.0641. The summed E-state index contributed by atoms with van der Waals surface area (Å²) in [6.45, 7) is 12.1. The number of piperidine rings is 1. The van der Waals surface area contributed by atoms with Crippen LogP contribution in [-0.2, 0) is 0 Å². The van der Waals surface area contributed by atoms with Crippen LogP contribution in [0.2, 0.25) is 0 Å². The van der Waals surface area contributed by atoms with E-state index in [9.17, 15) is 5.11 Å². The Morgan fingerprint density at radius 2 is 2.06 bits per heavy atom. The Morgan fingerprint density at radius 3 is 2.62 bits per heavy atom. The number of likely N-dealkylation sites (N-methyl/N-ethyl adjacent to an activating group) is 1. The Morgan fingerprint density at radius 1 is 1.38 bits per heavy atom. The number of nitrogens with one attached hydrogen (secondary N) is 1. The van der Waals surface area contributed by atoms with Crippen LogP contribution in [0.1, 0.15) is 40.5 Å². The minimum absolute atomic E-state index is 0.153. The summed E-state index contributed by atoms with van der Waals surface area (Å²) in [6, 6.07) is 0.653. The summed E-state index contributed by atoms with van der Waals surface area (Å²) in [5.74, 6) is 0.792. The number of hydrogen-bond acceptors (Lipinski definition) is 3. The van der Waals surface area contributed by atoms with E-state index in [4.69, 9.17) is 0 Å². The van der Waals surface area contributed by atoms with Crippen molar-refractivity contribution in [3.05, 3.63) is 0 Å². The minimum Gasteiger partial charge on any atom is -0.394 e. The monoisotopic (exact) mass is 228 g/mol. The third-order valence-electron chi connectivity index (χ3n) is 3.75. The molecule has 0 radical (unpaired) electrons. The van der Waals surface area contributed by atoms with E-state index in [1.165, 1.54) is 19.4 Å². The smallest absolute Gasteiger partial charge is 0.0623 e. The lowest BCUT2D eigenvalue weighted by atomic mass is 9.92. The first kappa shape index (κ1) is 13.9. The molecule has 0 aromatic heterocycles. The predicted octanol–water partition coefficient (Wildman–Crippen LogP) is 1.47. The second kappa shape index (κ2) is 5.99. The highest BCUT2D eigenvalue weighted by atomic mass is 16.3. The molecule has 1 heterocycles. The molecular weight excluding hydrogens is 200 g/mol. The highest BCUT2D eigenvalue weighted by Gasteiger charge is 2.30. The van der Waals surface area contributed by atoms with Gasteiger partial charge in [-0.05, 0) is 39.2 Å². The third-order valence-corrected chi connectivity index (χ3v) is 3.75. The molecule has 3 nitrogen and oxygen atoms in total. The molecule has 1 fully saturated rings. The lowest BCUT2D eigenvalue weighted by Crippen LogP contribution is -2.57. The molecule has 3 atom stereocenters. The highest BCUT2D eigenvalue weighted by molar-refractivity contribution is 4.89. The van der Waals surface area contributed by atoms with Gasteiger partial charge in [-0.1, -0.05) is 13.8 Å². The van der Waals surface area contributed by atoms with E-state index in [0.29, 0.717) is 6.04 Å². The van der Waals surface area contributed by atoms with Gasteiger partial charge in [-0.3, -0.25) is 4.90 Å². The molecule has 0 aromatic carbocycles. The van der Waals surface area contributed by atoms with Gasteiger partial charge in [-0.2, -0.15) is 0 Å². The lowest BCUT2D eigenvalue weighted by Gasteiger charge is -2.42. The average Bonchev–Trinajstić information content (AvgIpc) is 2.24. The second-order valence-corrected chi connectivity index (χ2v) is 5.71. The molecule has 2 N–H and O–H groups in total. The van der Waals surface area contributed by atoms with E-state index in [2.05, 4.69) is 37.9 Å². The van der Waals surface area contributed by atoms with Crippen LogP contribution in [0.5, 0.6) is 0 Å². The summed E-state index contributed by atoms with van der Waals surface area (Å²) < 4.78 is 0. The molecule has 1 rings (SSSR count). The Labute approximate surface area is 100 Å². The standard InChI is InChI=1S/C13H28N2O/c1-5-14-13(4,10-16)9-15-8-11(2)6-7-12(15)3/h11-12,14,16H,5-10H2,1-4H3. The quantitative estimate of drug-likeness (QED) is 0.748. The van der Waals surface area contributed by atoms with Crippen LogP contribution in [-0.4, -0.2) is 47.8 Å². The zero-order valence-corrected chi connectivity index (χ0v) is 11.3. The second-order valence-electron chi connectivity index (χ2n) is 5.71. The minimum atomic E-state index is -0.153. The molecule has 0 aromatic rings. The molecule has 0 amide bonds. The van der Waals surface area contributed by atoms with Crippen LogP contribution in [0.25, 0.3) is 0 Å². The van der Waals surface area contributed by atoms with Gasteiger partial charge in [0.1, 0.15) is 0 Å². The normalized spacial score (nSPS) is 31.3. The van der Waals surface area contributed by atoms with Crippen molar-refractivity contribution < 1.29 is 5.11 Å². The van der Waals surface area contributed by atoms with Crippen molar-refractivity contribution in [3.63, 3.8) is 0 Å². The number of aliphatic hydroxyl groups excluding tert-OH is 1. The van der Waals surface area contributed by atoms with Gasteiger partial charge in [0.25, 0.3) is 0 Å². The van der Waals surface area contributed by atoms with Crippen molar-refractivity contribution >= 4 is 0 Å². The number of rotatable bonds is 5. The van der Waals surface area contributed by atoms with Crippen molar-refractivity contribution in [2.24, 2.45) is 5.92 Å². The summed E-state index contributed by atoms with van der Waals surface area (Å²) in [6.07, 6.45) is 2.63. The van der Waals surface area contributed by atoms with Gasteiger partial charge in [-0.25, -0.2) is 0 Å². The molecule has 0 saturated carbocycles. The van der Waals surface area contributed by atoms with Gasteiger partial charge in [0, 0.05) is 19.1 Å². The molecular formula is C13H28N2O. The first-order chi connectivity index (χ1) is 7.50. The zero-order chi connectivity index (χ0) is 12.2. The van der Waals surface area contributed by atoms with Crippen molar-refractivity contribution in [3.8, 4) is 0 Å². The molecule has 1 saturated heterocycles. The maximum Gasteiger partial charge on any atom is 0.0623 e. The SMILES string of the molecule is CCNC(C)(CO)CN1CC(C)CCC1C. The van der Waals surface area contributed by atoms with Gasteiger partial charge >= 0.3 is 0 Å². The molecule has 0 spiro atoms. The van der Waals surface area contributed by atoms with E-state index in [1.807, 2.05) is 0 Å². The summed E-state index contributed by atoms with van der Waals surface area (Å²) in [7, 11) is 0.